The summed E-state index contributed by atoms with van der Waals surface area (Å²) >= 11 is 3.75. The predicted molar refractivity (Wildman–Crippen MR) is 152 cm³/mol. The molecular weight excluding hydrogens is 542 g/mol. The summed E-state index contributed by atoms with van der Waals surface area (Å²) in [5.74, 6) is 1.20. The van der Waals surface area contributed by atoms with Gasteiger partial charge in [0.15, 0.2) is 23.1 Å². The number of halogens is 1. The average Bonchev–Trinajstić information content (AvgIpc) is 2.87. The number of ketones is 2. The molecule has 2 aromatic rings. The maximum atomic E-state index is 13.4. The topological polar surface area (TPSA) is 55.8 Å². The highest BCUT2D eigenvalue weighted by Crippen LogP contribution is 2.51. The summed E-state index contributed by atoms with van der Waals surface area (Å²) in [4.78, 5) is 29.2. The molecule has 0 unspecified atom stereocenters. The summed E-state index contributed by atoms with van der Waals surface area (Å²) in [6, 6.07) is 10.4. The predicted octanol–water partition coefficient (Wildman–Crippen LogP) is 7.48. The van der Waals surface area contributed by atoms with Crippen LogP contribution < -0.4 is 9.47 Å². The van der Waals surface area contributed by atoms with Crippen molar-refractivity contribution >= 4 is 27.5 Å². The zero-order valence-corrected chi connectivity index (χ0v) is 24.4. The Bertz CT molecular complexity index is 1290. The molecule has 5 rings (SSSR count). The summed E-state index contributed by atoms with van der Waals surface area (Å²) < 4.78 is 13.2. The molecule has 0 spiro atoms. The first kappa shape index (κ1) is 26.7. The molecule has 0 saturated carbocycles. The van der Waals surface area contributed by atoms with Crippen LogP contribution in [0, 0.1) is 13.8 Å². The molecule has 0 atom stereocenters. The molecule has 0 aromatic heterocycles. The van der Waals surface area contributed by atoms with Crippen molar-refractivity contribution in [3.63, 3.8) is 0 Å². The van der Waals surface area contributed by atoms with Gasteiger partial charge in [-0.15, -0.1) is 0 Å². The summed E-state index contributed by atoms with van der Waals surface area (Å²) in [5, 5.41) is 0. The van der Waals surface area contributed by atoms with E-state index in [2.05, 4.69) is 59.8 Å². The van der Waals surface area contributed by atoms with Gasteiger partial charge in [-0.1, -0.05) is 29.3 Å². The second-order valence-corrected chi connectivity index (χ2v) is 11.4. The number of aryl methyl sites for hydroxylation is 2. The number of benzene rings is 2. The van der Waals surface area contributed by atoms with E-state index in [4.69, 9.17) is 9.47 Å². The number of hydrogen-bond acceptors (Lipinski definition) is 5. The first-order chi connectivity index (χ1) is 18.3. The lowest BCUT2D eigenvalue weighted by Gasteiger charge is -2.43. The molecule has 0 fully saturated rings. The van der Waals surface area contributed by atoms with Crippen molar-refractivity contribution in [3.8, 4) is 11.5 Å². The fourth-order valence-electron chi connectivity index (χ4n) is 6.40. The van der Waals surface area contributed by atoms with E-state index in [0.29, 0.717) is 37.6 Å². The van der Waals surface area contributed by atoms with Gasteiger partial charge in [0.1, 0.15) is 6.61 Å². The lowest BCUT2D eigenvalue weighted by atomic mass is 9.71. The summed E-state index contributed by atoms with van der Waals surface area (Å²) in [6.45, 7) is 9.89. The van der Waals surface area contributed by atoms with Gasteiger partial charge in [0.05, 0.1) is 11.1 Å². The normalized spacial score (nSPS) is 18.1. The molecule has 0 amide bonds. The molecule has 38 heavy (non-hydrogen) atoms. The largest absolute Gasteiger partial charge is 0.490 e. The number of nitrogens with zero attached hydrogens (tertiary/aromatic N) is 1. The lowest BCUT2D eigenvalue weighted by molar-refractivity contribution is -0.117. The Morgan fingerprint density at radius 2 is 1.45 bits per heavy atom. The SMILES string of the molecule is CCOc1cc(C2C3=C(CCCC3=O)N(CC)C3=C2C(=O)CCC3)cc(Br)c1OCc1cc(C)cc(C)c1. The highest BCUT2D eigenvalue weighted by molar-refractivity contribution is 9.10. The summed E-state index contributed by atoms with van der Waals surface area (Å²) in [5.41, 5.74) is 8.19. The summed E-state index contributed by atoms with van der Waals surface area (Å²) in [7, 11) is 0. The van der Waals surface area contributed by atoms with Crippen LogP contribution in [0.1, 0.15) is 80.5 Å². The van der Waals surface area contributed by atoms with E-state index < -0.39 is 0 Å². The van der Waals surface area contributed by atoms with Crippen molar-refractivity contribution in [3.05, 3.63) is 79.6 Å². The second kappa shape index (κ2) is 11.1. The molecule has 200 valence electrons. The minimum atomic E-state index is -0.368. The van der Waals surface area contributed by atoms with Gasteiger partial charge in [-0.3, -0.25) is 9.59 Å². The van der Waals surface area contributed by atoms with Gasteiger partial charge >= 0.3 is 0 Å². The molecule has 5 nitrogen and oxygen atoms in total. The van der Waals surface area contributed by atoms with Crippen LogP contribution in [-0.2, 0) is 16.2 Å². The molecule has 0 radical (unpaired) electrons. The number of carbonyl (C=O) groups excluding carboxylic acids is 2. The van der Waals surface area contributed by atoms with Gasteiger partial charge in [-0.05, 0) is 92.6 Å². The van der Waals surface area contributed by atoms with Gasteiger partial charge in [0, 0.05) is 47.8 Å². The van der Waals surface area contributed by atoms with Crippen molar-refractivity contribution in [1.82, 2.24) is 4.90 Å². The first-order valence-corrected chi connectivity index (χ1v) is 14.6. The minimum absolute atomic E-state index is 0.156. The Morgan fingerprint density at radius 3 is 2.00 bits per heavy atom. The third kappa shape index (κ3) is 4.95. The first-order valence-electron chi connectivity index (χ1n) is 13.8. The van der Waals surface area contributed by atoms with Crippen LogP contribution in [0.15, 0.2) is 57.3 Å². The average molecular weight is 579 g/mol. The molecule has 3 aliphatic rings. The van der Waals surface area contributed by atoms with E-state index in [1.807, 2.05) is 19.1 Å². The van der Waals surface area contributed by atoms with E-state index in [0.717, 1.165) is 70.4 Å². The molecule has 1 aliphatic heterocycles. The third-order valence-corrected chi connectivity index (χ3v) is 8.32. The van der Waals surface area contributed by atoms with E-state index in [9.17, 15) is 9.59 Å². The number of carbonyl (C=O) groups is 2. The quantitative estimate of drug-likeness (QED) is 0.341. The number of Topliss-reactive ketones (excluding diaryl/α,β-unsaturated/α-hetero) is 2. The zero-order chi connectivity index (χ0) is 27.0. The van der Waals surface area contributed by atoms with Crippen LogP contribution in [0.4, 0.5) is 0 Å². The minimum Gasteiger partial charge on any atom is -0.490 e. The van der Waals surface area contributed by atoms with Gasteiger partial charge in [-0.2, -0.15) is 0 Å². The van der Waals surface area contributed by atoms with Crippen molar-refractivity contribution in [2.45, 2.75) is 78.7 Å². The Labute approximate surface area is 234 Å². The Balaban J connectivity index is 1.60. The molecule has 0 saturated heterocycles. The fourth-order valence-corrected chi connectivity index (χ4v) is 6.97. The lowest BCUT2D eigenvalue weighted by Crippen LogP contribution is -2.39. The fraction of sp³-hybridized carbons (Fsp3) is 0.438. The molecule has 0 bridgehead atoms. The van der Waals surface area contributed by atoms with Crippen molar-refractivity contribution in [1.29, 1.82) is 0 Å². The number of ether oxygens (including phenoxy) is 2. The summed E-state index contributed by atoms with van der Waals surface area (Å²) in [6.07, 6.45) is 4.51. The Kier molecular flexibility index (Phi) is 7.80. The molecule has 2 aromatic carbocycles. The number of rotatable bonds is 7. The van der Waals surface area contributed by atoms with Crippen LogP contribution in [0.3, 0.4) is 0 Å². The van der Waals surface area contributed by atoms with Gasteiger partial charge in [0.2, 0.25) is 0 Å². The zero-order valence-electron chi connectivity index (χ0n) is 22.8. The molecule has 0 N–H and O–H groups in total. The van der Waals surface area contributed by atoms with Crippen LogP contribution in [0.5, 0.6) is 11.5 Å². The van der Waals surface area contributed by atoms with Crippen LogP contribution >= 0.6 is 15.9 Å². The number of hydrogen-bond donors (Lipinski definition) is 0. The van der Waals surface area contributed by atoms with Crippen LogP contribution in [0.25, 0.3) is 0 Å². The molecule has 1 heterocycles. The van der Waals surface area contributed by atoms with Gasteiger partial charge in [0.25, 0.3) is 0 Å². The molecular formula is C32H36BrNO4. The van der Waals surface area contributed by atoms with Crippen molar-refractivity contribution in [2.24, 2.45) is 0 Å². The highest BCUT2D eigenvalue weighted by Gasteiger charge is 2.43. The number of allylic oxidation sites excluding steroid dienone is 4. The Morgan fingerprint density at radius 1 is 0.842 bits per heavy atom. The van der Waals surface area contributed by atoms with E-state index in [-0.39, 0.29) is 17.5 Å². The Hall–Kier alpha value is -2.86. The van der Waals surface area contributed by atoms with E-state index in [1.165, 1.54) is 11.1 Å². The van der Waals surface area contributed by atoms with E-state index in [1.54, 1.807) is 0 Å². The highest BCUT2D eigenvalue weighted by atomic mass is 79.9. The standard InChI is InChI=1S/C32H36BrNO4/c1-5-34-24-9-7-11-26(35)30(24)29(31-25(34)10-8-12-27(31)36)22-16-23(33)32(28(17-22)37-6-2)38-18-21-14-19(3)13-20(4)15-21/h13-17,29H,5-12,18H2,1-4H3. The second-order valence-electron chi connectivity index (χ2n) is 10.5. The van der Waals surface area contributed by atoms with Gasteiger partial charge < -0.3 is 14.4 Å². The maximum Gasteiger partial charge on any atom is 0.175 e. The monoisotopic (exact) mass is 577 g/mol. The van der Waals surface area contributed by atoms with Crippen molar-refractivity contribution in [2.75, 3.05) is 13.2 Å². The van der Waals surface area contributed by atoms with Gasteiger partial charge in [-0.25, -0.2) is 0 Å². The molecule has 2 aliphatic carbocycles. The molecule has 6 heteroatoms. The smallest absolute Gasteiger partial charge is 0.175 e. The third-order valence-electron chi connectivity index (χ3n) is 7.73. The maximum absolute atomic E-state index is 13.4. The van der Waals surface area contributed by atoms with Crippen LogP contribution in [-0.4, -0.2) is 29.6 Å². The van der Waals surface area contributed by atoms with E-state index >= 15 is 0 Å². The van der Waals surface area contributed by atoms with Crippen molar-refractivity contribution < 1.29 is 19.1 Å². The van der Waals surface area contributed by atoms with Crippen LogP contribution in [0.2, 0.25) is 0 Å².